The van der Waals surface area contributed by atoms with Crippen LogP contribution in [0.25, 0.3) is 66.0 Å². The molecule has 4 aromatic carbocycles. The van der Waals surface area contributed by atoms with E-state index < -0.39 is 0 Å². The molecule has 0 aliphatic carbocycles. The molecule has 1 saturated heterocycles. The fourth-order valence-electron chi connectivity index (χ4n) is 6.00. The fourth-order valence-corrected chi connectivity index (χ4v) is 8.12. The van der Waals surface area contributed by atoms with Gasteiger partial charge in [0.15, 0.2) is 11.2 Å². The molecular weight excluding hydrogens is 609 g/mol. The van der Waals surface area contributed by atoms with E-state index in [4.69, 9.17) is 8.83 Å². The van der Waals surface area contributed by atoms with Crippen molar-refractivity contribution in [2.24, 2.45) is 0 Å². The summed E-state index contributed by atoms with van der Waals surface area (Å²) < 4.78 is 11.9. The second kappa shape index (κ2) is 11.3. The van der Waals surface area contributed by atoms with Crippen LogP contribution in [-0.4, -0.2) is 36.1 Å². The van der Waals surface area contributed by atoms with Crippen molar-refractivity contribution in [1.82, 2.24) is 9.97 Å². The molecule has 0 unspecified atom stereocenters. The lowest BCUT2D eigenvalue weighted by molar-refractivity contribution is 0.619. The van der Waals surface area contributed by atoms with Gasteiger partial charge in [0, 0.05) is 47.1 Å². The van der Waals surface area contributed by atoms with Gasteiger partial charge in [-0.1, -0.05) is 48.5 Å². The molecular formula is C38H28N4O2S2. The number of nitrogens with zero attached hydrogens (tertiary/aromatic N) is 4. The maximum absolute atomic E-state index is 5.95. The zero-order valence-corrected chi connectivity index (χ0v) is 26.4. The minimum atomic E-state index is 0.657. The van der Waals surface area contributed by atoms with Gasteiger partial charge in [-0.25, -0.2) is 9.97 Å². The summed E-state index contributed by atoms with van der Waals surface area (Å²) in [5.41, 5.74) is 7.79. The number of hydrogen-bond acceptors (Lipinski definition) is 8. The molecule has 46 heavy (non-hydrogen) atoms. The lowest BCUT2D eigenvalue weighted by Crippen LogP contribution is -2.46. The summed E-state index contributed by atoms with van der Waals surface area (Å²) in [6.07, 6.45) is 0. The first-order valence-corrected chi connectivity index (χ1v) is 17.0. The third-order valence-electron chi connectivity index (χ3n) is 8.51. The number of para-hydroxylation sites is 4. The minimum absolute atomic E-state index is 0.657. The van der Waals surface area contributed by atoms with Gasteiger partial charge in [0.25, 0.3) is 0 Å². The number of rotatable bonds is 6. The Hall–Kier alpha value is -5.18. The third kappa shape index (κ3) is 5.05. The Bertz CT molecular complexity index is 2060. The summed E-state index contributed by atoms with van der Waals surface area (Å²) in [4.78, 5) is 16.8. The molecule has 9 rings (SSSR count). The van der Waals surface area contributed by atoms with Crippen LogP contribution in [0, 0.1) is 0 Å². The molecule has 0 saturated carbocycles. The van der Waals surface area contributed by atoms with E-state index in [0.29, 0.717) is 11.8 Å². The Labute approximate surface area is 273 Å². The first kappa shape index (κ1) is 27.2. The monoisotopic (exact) mass is 636 g/mol. The van der Waals surface area contributed by atoms with Gasteiger partial charge in [-0.05, 0) is 83.9 Å². The van der Waals surface area contributed by atoms with Crippen molar-refractivity contribution < 1.29 is 8.83 Å². The predicted molar refractivity (Wildman–Crippen MR) is 190 cm³/mol. The number of fused-ring (bicyclic) bond motifs is 2. The fraction of sp³-hybridized carbons (Fsp3) is 0.105. The minimum Gasteiger partial charge on any atom is -0.436 e. The first-order chi connectivity index (χ1) is 22.7. The van der Waals surface area contributed by atoms with E-state index >= 15 is 0 Å². The van der Waals surface area contributed by atoms with Crippen molar-refractivity contribution in [2.45, 2.75) is 0 Å². The van der Waals surface area contributed by atoms with E-state index in [1.54, 1.807) is 0 Å². The average molecular weight is 637 g/mol. The molecule has 224 valence electrons. The average Bonchev–Trinajstić information content (AvgIpc) is 3.94. The standard InChI is InChI=1S/C38H28N4O2S2/c1-3-7-31-29(5-1)39-37(43-31)27-13-9-25(10-14-27)33-17-19-35(45-33)41-21-23-42(24-22-41)36-20-18-34(46-36)26-11-15-28(16-12-26)38-40-30-6-2-4-8-32(30)44-38/h1-20H,21-24H2. The molecule has 8 aromatic rings. The number of oxazole rings is 2. The van der Waals surface area contributed by atoms with Gasteiger partial charge in [-0.2, -0.15) is 0 Å². The van der Waals surface area contributed by atoms with E-state index in [-0.39, 0.29) is 0 Å². The Morgan fingerprint density at radius 1 is 0.435 bits per heavy atom. The van der Waals surface area contributed by atoms with Crippen LogP contribution in [0.1, 0.15) is 0 Å². The van der Waals surface area contributed by atoms with Crippen LogP contribution in [0.4, 0.5) is 10.0 Å². The maximum Gasteiger partial charge on any atom is 0.227 e. The Kier molecular flexibility index (Phi) is 6.68. The quantitative estimate of drug-likeness (QED) is 0.181. The van der Waals surface area contributed by atoms with Crippen LogP contribution in [-0.2, 0) is 0 Å². The van der Waals surface area contributed by atoms with Crippen LogP contribution in [0.5, 0.6) is 0 Å². The van der Waals surface area contributed by atoms with Crippen LogP contribution in [0.3, 0.4) is 0 Å². The van der Waals surface area contributed by atoms with Crippen molar-refractivity contribution in [3.05, 3.63) is 121 Å². The van der Waals surface area contributed by atoms with Crippen molar-refractivity contribution in [3.8, 4) is 43.8 Å². The molecule has 1 aliphatic rings. The number of anilines is 2. The molecule has 6 nitrogen and oxygen atoms in total. The second-order valence-electron chi connectivity index (χ2n) is 11.4. The number of aromatic nitrogens is 2. The molecule has 8 heteroatoms. The van der Waals surface area contributed by atoms with Crippen molar-refractivity contribution >= 4 is 54.9 Å². The molecule has 1 fully saturated rings. The summed E-state index contributed by atoms with van der Waals surface area (Å²) in [5.74, 6) is 1.31. The highest BCUT2D eigenvalue weighted by molar-refractivity contribution is 7.19. The first-order valence-electron chi connectivity index (χ1n) is 15.4. The predicted octanol–water partition coefficient (Wildman–Crippen LogP) is 10.1. The van der Waals surface area contributed by atoms with Gasteiger partial charge in [0.1, 0.15) is 11.0 Å². The van der Waals surface area contributed by atoms with Crippen LogP contribution >= 0.6 is 22.7 Å². The molecule has 1 aliphatic heterocycles. The largest absolute Gasteiger partial charge is 0.436 e. The van der Waals surface area contributed by atoms with E-state index in [2.05, 4.69) is 92.6 Å². The number of thiophene rings is 2. The lowest BCUT2D eigenvalue weighted by atomic mass is 10.1. The third-order valence-corrected chi connectivity index (χ3v) is 10.9. The van der Waals surface area contributed by atoms with E-state index in [9.17, 15) is 0 Å². The smallest absolute Gasteiger partial charge is 0.227 e. The Balaban J connectivity index is 0.837. The zero-order chi connectivity index (χ0) is 30.5. The molecule has 0 amide bonds. The van der Waals surface area contributed by atoms with Crippen LogP contribution in [0.2, 0.25) is 0 Å². The summed E-state index contributed by atoms with van der Waals surface area (Å²) in [6.45, 7) is 4.01. The number of hydrogen-bond donors (Lipinski definition) is 0. The molecule has 0 N–H and O–H groups in total. The van der Waals surface area contributed by atoms with Gasteiger partial charge in [-0.3, -0.25) is 0 Å². The number of benzene rings is 4. The molecule has 0 spiro atoms. The van der Waals surface area contributed by atoms with Gasteiger partial charge >= 0.3 is 0 Å². The highest BCUT2D eigenvalue weighted by atomic mass is 32.1. The van der Waals surface area contributed by atoms with Gasteiger partial charge in [-0.15, -0.1) is 22.7 Å². The van der Waals surface area contributed by atoms with E-state index in [0.717, 1.165) is 59.5 Å². The topological polar surface area (TPSA) is 58.5 Å². The van der Waals surface area contributed by atoms with Gasteiger partial charge in [0.05, 0.1) is 10.0 Å². The van der Waals surface area contributed by atoms with Gasteiger partial charge < -0.3 is 18.6 Å². The van der Waals surface area contributed by atoms with Crippen molar-refractivity contribution in [3.63, 3.8) is 0 Å². The second-order valence-corrected chi connectivity index (χ2v) is 13.5. The maximum atomic E-state index is 5.95. The van der Waals surface area contributed by atoms with Crippen LogP contribution < -0.4 is 9.80 Å². The molecule has 5 heterocycles. The highest BCUT2D eigenvalue weighted by Gasteiger charge is 2.21. The van der Waals surface area contributed by atoms with E-state index in [1.807, 2.05) is 71.2 Å². The van der Waals surface area contributed by atoms with E-state index in [1.165, 1.54) is 30.9 Å². The summed E-state index contributed by atoms with van der Waals surface area (Å²) in [6, 6.07) is 41.8. The lowest BCUT2D eigenvalue weighted by Gasteiger charge is -2.35. The van der Waals surface area contributed by atoms with Gasteiger partial charge in [0.2, 0.25) is 11.8 Å². The summed E-state index contributed by atoms with van der Waals surface area (Å²) in [5, 5.41) is 2.65. The summed E-state index contributed by atoms with van der Waals surface area (Å²) in [7, 11) is 0. The number of piperazine rings is 1. The zero-order valence-electron chi connectivity index (χ0n) is 24.8. The molecule has 0 radical (unpaired) electrons. The summed E-state index contributed by atoms with van der Waals surface area (Å²) >= 11 is 3.71. The molecule has 0 bridgehead atoms. The van der Waals surface area contributed by atoms with Crippen molar-refractivity contribution in [1.29, 1.82) is 0 Å². The Morgan fingerprint density at radius 2 is 0.826 bits per heavy atom. The molecule has 0 atom stereocenters. The SMILES string of the molecule is c1ccc2oc(-c3ccc(-c4ccc(N5CCN(c6ccc(-c7ccc(-c8nc9ccccc9o8)cc7)s6)CC5)s4)cc3)nc2c1. The van der Waals surface area contributed by atoms with Crippen LogP contribution in [0.15, 0.2) is 130 Å². The highest BCUT2D eigenvalue weighted by Crippen LogP contribution is 2.38. The van der Waals surface area contributed by atoms with Crippen molar-refractivity contribution in [2.75, 3.05) is 36.0 Å². The molecule has 4 aromatic heterocycles. The normalized spacial score (nSPS) is 13.7. The Morgan fingerprint density at radius 3 is 1.24 bits per heavy atom.